The Hall–Kier alpha value is -1.55. The summed E-state index contributed by atoms with van der Waals surface area (Å²) >= 11 is 0. The average Bonchev–Trinajstić information content (AvgIpc) is 2.40. The first-order valence-corrected chi connectivity index (χ1v) is 6.83. The monoisotopic (exact) mass is 262 g/mol. The van der Waals surface area contributed by atoms with Crippen molar-refractivity contribution in [3.05, 3.63) is 29.3 Å². The van der Waals surface area contributed by atoms with Crippen molar-refractivity contribution in [3.8, 4) is 0 Å². The van der Waals surface area contributed by atoms with Gasteiger partial charge < -0.3 is 15.3 Å². The first kappa shape index (κ1) is 13.9. The van der Waals surface area contributed by atoms with Crippen LogP contribution >= 0.6 is 0 Å². The average molecular weight is 262 g/mol. The Kier molecular flexibility index (Phi) is 4.43. The molecular weight excluding hydrogens is 240 g/mol. The van der Waals surface area contributed by atoms with E-state index in [4.69, 9.17) is 5.11 Å². The number of aryl methyl sites for hydroxylation is 2. The fourth-order valence-electron chi connectivity index (χ4n) is 2.53. The van der Waals surface area contributed by atoms with Gasteiger partial charge in [0.25, 0.3) is 0 Å². The summed E-state index contributed by atoms with van der Waals surface area (Å²) in [6.45, 7) is 6.23. The summed E-state index contributed by atoms with van der Waals surface area (Å²) in [5.41, 5.74) is 3.85. The van der Waals surface area contributed by atoms with Gasteiger partial charge in [0.2, 0.25) is 0 Å². The lowest BCUT2D eigenvalue weighted by atomic mass is 10.0. The first-order chi connectivity index (χ1) is 9.06. The van der Waals surface area contributed by atoms with Gasteiger partial charge in [0.15, 0.2) is 0 Å². The van der Waals surface area contributed by atoms with Crippen LogP contribution in [0.15, 0.2) is 18.2 Å². The standard InChI is InChI=1S/C15H22N2O2/c1-11-5-6-14(8-12(11)2)17-7-3-4-13(10-17)16-9-15(18)19/h5-6,8,13,16H,3-4,7,9-10H2,1-2H3,(H,18,19). The molecule has 0 spiro atoms. The number of hydrogen-bond donors (Lipinski definition) is 2. The third-order valence-electron chi connectivity index (χ3n) is 3.82. The molecule has 1 aliphatic rings. The van der Waals surface area contributed by atoms with Crippen molar-refractivity contribution in [3.63, 3.8) is 0 Å². The van der Waals surface area contributed by atoms with Crippen LogP contribution in [0.3, 0.4) is 0 Å². The van der Waals surface area contributed by atoms with Gasteiger partial charge in [-0.1, -0.05) is 6.07 Å². The van der Waals surface area contributed by atoms with E-state index in [2.05, 4.69) is 42.3 Å². The number of benzene rings is 1. The number of hydrogen-bond acceptors (Lipinski definition) is 3. The molecule has 1 fully saturated rings. The van der Waals surface area contributed by atoms with Gasteiger partial charge in [-0.05, 0) is 49.9 Å². The molecule has 19 heavy (non-hydrogen) atoms. The summed E-state index contributed by atoms with van der Waals surface area (Å²) in [5, 5.41) is 11.8. The van der Waals surface area contributed by atoms with Crippen LogP contribution in [-0.4, -0.2) is 36.8 Å². The summed E-state index contributed by atoms with van der Waals surface area (Å²) in [4.78, 5) is 12.9. The Balaban J connectivity index is 2.00. The lowest BCUT2D eigenvalue weighted by Gasteiger charge is -2.35. The van der Waals surface area contributed by atoms with Crippen molar-refractivity contribution in [2.75, 3.05) is 24.5 Å². The number of nitrogens with zero attached hydrogens (tertiary/aromatic N) is 1. The van der Waals surface area contributed by atoms with E-state index >= 15 is 0 Å². The number of anilines is 1. The highest BCUT2D eigenvalue weighted by Crippen LogP contribution is 2.22. The Morgan fingerprint density at radius 1 is 1.42 bits per heavy atom. The Morgan fingerprint density at radius 3 is 2.89 bits per heavy atom. The minimum atomic E-state index is -0.789. The molecule has 0 radical (unpaired) electrons. The molecule has 1 heterocycles. The fraction of sp³-hybridized carbons (Fsp3) is 0.533. The van der Waals surface area contributed by atoms with Crippen LogP contribution in [0.4, 0.5) is 5.69 Å². The Morgan fingerprint density at radius 2 is 2.21 bits per heavy atom. The Bertz CT molecular complexity index is 459. The molecule has 1 atom stereocenters. The van der Waals surface area contributed by atoms with E-state index in [1.54, 1.807) is 0 Å². The predicted molar refractivity (Wildman–Crippen MR) is 76.8 cm³/mol. The third kappa shape index (κ3) is 3.70. The van der Waals surface area contributed by atoms with E-state index in [0.717, 1.165) is 25.9 Å². The molecule has 4 heteroatoms. The van der Waals surface area contributed by atoms with Crippen LogP contribution in [0.1, 0.15) is 24.0 Å². The van der Waals surface area contributed by atoms with Gasteiger partial charge in [-0.2, -0.15) is 0 Å². The molecule has 1 aromatic rings. The number of rotatable bonds is 4. The quantitative estimate of drug-likeness (QED) is 0.871. The fourth-order valence-corrected chi connectivity index (χ4v) is 2.53. The number of carbonyl (C=O) groups is 1. The molecule has 4 nitrogen and oxygen atoms in total. The van der Waals surface area contributed by atoms with Crippen molar-refractivity contribution in [2.45, 2.75) is 32.7 Å². The largest absolute Gasteiger partial charge is 0.480 e. The number of nitrogens with one attached hydrogen (secondary N) is 1. The summed E-state index contributed by atoms with van der Waals surface area (Å²) < 4.78 is 0. The second-order valence-electron chi connectivity index (χ2n) is 5.33. The molecule has 0 aromatic heterocycles. The van der Waals surface area contributed by atoms with E-state index in [0.29, 0.717) is 0 Å². The summed E-state index contributed by atoms with van der Waals surface area (Å²) in [6, 6.07) is 6.79. The topological polar surface area (TPSA) is 52.6 Å². The van der Waals surface area contributed by atoms with Gasteiger partial charge in [-0.3, -0.25) is 4.79 Å². The molecule has 0 aliphatic carbocycles. The molecular formula is C15H22N2O2. The molecule has 0 bridgehead atoms. The molecule has 1 unspecified atom stereocenters. The number of carboxylic acid groups (broad SMARTS) is 1. The lowest BCUT2D eigenvalue weighted by molar-refractivity contribution is -0.136. The zero-order valence-corrected chi connectivity index (χ0v) is 11.6. The molecule has 104 valence electrons. The maximum atomic E-state index is 10.6. The first-order valence-electron chi connectivity index (χ1n) is 6.83. The Labute approximate surface area is 114 Å². The van der Waals surface area contributed by atoms with E-state index in [1.807, 2.05) is 0 Å². The van der Waals surface area contributed by atoms with Gasteiger partial charge in [-0.15, -0.1) is 0 Å². The van der Waals surface area contributed by atoms with Crippen LogP contribution in [0.2, 0.25) is 0 Å². The minimum Gasteiger partial charge on any atom is -0.480 e. The second-order valence-corrected chi connectivity index (χ2v) is 5.33. The number of aliphatic carboxylic acids is 1. The SMILES string of the molecule is Cc1ccc(N2CCCC(NCC(=O)O)C2)cc1C. The van der Waals surface area contributed by atoms with Gasteiger partial charge in [0.1, 0.15) is 0 Å². The van der Waals surface area contributed by atoms with Crippen LogP contribution in [-0.2, 0) is 4.79 Å². The smallest absolute Gasteiger partial charge is 0.317 e. The minimum absolute atomic E-state index is 0.0471. The molecule has 2 rings (SSSR count). The number of carboxylic acids is 1. The van der Waals surface area contributed by atoms with Crippen molar-refractivity contribution >= 4 is 11.7 Å². The van der Waals surface area contributed by atoms with E-state index in [-0.39, 0.29) is 12.6 Å². The predicted octanol–water partition coefficient (Wildman–Crippen LogP) is 1.95. The normalized spacial score (nSPS) is 19.5. The van der Waals surface area contributed by atoms with E-state index < -0.39 is 5.97 Å². The lowest BCUT2D eigenvalue weighted by Crippen LogP contribution is -2.47. The van der Waals surface area contributed by atoms with Gasteiger partial charge in [-0.25, -0.2) is 0 Å². The van der Waals surface area contributed by atoms with Crippen LogP contribution < -0.4 is 10.2 Å². The summed E-state index contributed by atoms with van der Waals surface area (Å²) in [7, 11) is 0. The highest BCUT2D eigenvalue weighted by atomic mass is 16.4. The maximum Gasteiger partial charge on any atom is 0.317 e. The molecule has 0 amide bonds. The van der Waals surface area contributed by atoms with Crippen LogP contribution in [0.25, 0.3) is 0 Å². The van der Waals surface area contributed by atoms with Crippen molar-refractivity contribution in [1.82, 2.24) is 5.32 Å². The maximum absolute atomic E-state index is 10.6. The van der Waals surface area contributed by atoms with Crippen molar-refractivity contribution < 1.29 is 9.90 Å². The molecule has 2 N–H and O–H groups in total. The van der Waals surface area contributed by atoms with Gasteiger partial charge >= 0.3 is 5.97 Å². The second kappa shape index (κ2) is 6.06. The van der Waals surface area contributed by atoms with Crippen molar-refractivity contribution in [2.24, 2.45) is 0 Å². The third-order valence-corrected chi connectivity index (χ3v) is 3.82. The summed E-state index contributed by atoms with van der Waals surface area (Å²) in [6.07, 6.45) is 2.15. The van der Waals surface area contributed by atoms with Crippen molar-refractivity contribution in [1.29, 1.82) is 0 Å². The van der Waals surface area contributed by atoms with Gasteiger partial charge in [0, 0.05) is 24.8 Å². The zero-order valence-electron chi connectivity index (χ0n) is 11.6. The molecule has 1 aromatic carbocycles. The van der Waals surface area contributed by atoms with Crippen LogP contribution in [0.5, 0.6) is 0 Å². The van der Waals surface area contributed by atoms with E-state index in [9.17, 15) is 4.79 Å². The summed E-state index contributed by atoms with van der Waals surface area (Å²) in [5.74, 6) is -0.789. The van der Waals surface area contributed by atoms with Gasteiger partial charge in [0.05, 0.1) is 6.54 Å². The zero-order chi connectivity index (χ0) is 13.8. The highest BCUT2D eigenvalue weighted by molar-refractivity contribution is 5.69. The highest BCUT2D eigenvalue weighted by Gasteiger charge is 2.20. The molecule has 1 aliphatic heterocycles. The van der Waals surface area contributed by atoms with Crippen LogP contribution in [0, 0.1) is 13.8 Å². The number of piperidine rings is 1. The molecule has 0 saturated carbocycles. The van der Waals surface area contributed by atoms with E-state index in [1.165, 1.54) is 16.8 Å². The molecule has 1 saturated heterocycles.